The van der Waals surface area contributed by atoms with Gasteiger partial charge in [0.2, 0.25) is 0 Å². The molecule has 2 amide bonds. The maximum atomic E-state index is 12.7. The molecular formula is C16H17FN2O2. The average Bonchev–Trinajstić information content (AvgIpc) is 2.48. The smallest absolute Gasteiger partial charge is 0.319 e. The molecule has 1 atom stereocenters. The summed E-state index contributed by atoms with van der Waals surface area (Å²) in [5, 5.41) is 15.1. The highest BCUT2D eigenvalue weighted by Gasteiger charge is 2.09. The second kappa shape index (κ2) is 6.85. The largest absolute Gasteiger partial charge is 0.387 e. The normalized spacial score (nSPS) is 11.8. The second-order valence-corrected chi connectivity index (χ2v) is 4.77. The van der Waals surface area contributed by atoms with Gasteiger partial charge in [-0.15, -0.1) is 0 Å². The highest BCUT2D eigenvalue weighted by Crippen LogP contribution is 2.13. The molecule has 0 saturated carbocycles. The van der Waals surface area contributed by atoms with Gasteiger partial charge in [-0.2, -0.15) is 0 Å². The van der Waals surface area contributed by atoms with Crippen LogP contribution in [-0.2, 0) is 0 Å². The number of benzene rings is 2. The minimum absolute atomic E-state index is 0.0933. The Labute approximate surface area is 122 Å². The third-order valence-corrected chi connectivity index (χ3v) is 3.02. The molecule has 0 unspecified atom stereocenters. The standard InChI is InChI=1S/C16H17FN2O2/c1-11-2-4-12(5-3-11)15(20)10-18-16(21)19-14-8-6-13(17)7-9-14/h2-9,15,20H,10H2,1H3,(H2,18,19,21)/t15-/m1/s1. The van der Waals surface area contributed by atoms with Crippen molar-refractivity contribution in [3.05, 3.63) is 65.5 Å². The number of hydrogen-bond acceptors (Lipinski definition) is 2. The number of aliphatic hydroxyl groups excluding tert-OH is 1. The predicted octanol–water partition coefficient (Wildman–Crippen LogP) is 2.99. The Morgan fingerprint density at radius 1 is 1.14 bits per heavy atom. The monoisotopic (exact) mass is 288 g/mol. The molecule has 0 bridgehead atoms. The number of aliphatic hydroxyl groups is 1. The molecule has 0 aromatic heterocycles. The zero-order valence-electron chi connectivity index (χ0n) is 11.6. The van der Waals surface area contributed by atoms with Crippen LogP contribution in [0.2, 0.25) is 0 Å². The lowest BCUT2D eigenvalue weighted by molar-refractivity contribution is 0.175. The summed E-state index contributed by atoms with van der Waals surface area (Å²) in [6.07, 6.45) is -0.774. The van der Waals surface area contributed by atoms with Crippen molar-refractivity contribution in [1.82, 2.24) is 5.32 Å². The van der Waals surface area contributed by atoms with Crippen LogP contribution in [0.1, 0.15) is 17.2 Å². The number of anilines is 1. The van der Waals surface area contributed by atoms with Crippen LogP contribution in [0.4, 0.5) is 14.9 Å². The molecule has 0 heterocycles. The van der Waals surface area contributed by atoms with E-state index in [2.05, 4.69) is 10.6 Å². The Kier molecular flexibility index (Phi) is 4.90. The van der Waals surface area contributed by atoms with Gasteiger partial charge >= 0.3 is 6.03 Å². The van der Waals surface area contributed by atoms with Crippen molar-refractivity contribution in [2.45, 2.75) is 13.0 Å². The lowest BCUT2D eigenvalue weighted by Crippen LogP contribution is -2.32. The lowest BCUT2D eigenvalue weighted by Gasteiger charge is -2.13. The number of aryl methyl sites for hydroxylation is 1. The third kappa shape index (κ3) is 4.57. The van der Waals surface area contributed by atoms with E-state index in [1.54, 1.807) is 0 Å². The molecule has 0 fully saturated rings. The van der Waals surface area contributed by atoms with Crippen molar-refractivity contribution in [3.63, 3.8) is 0 Å². The number of carbonyl (C=O) groups excluding carboxylic acids is 1. The van der Waals surface area contributed by atoms with Gasteiger partial charge in [-0.25, -0.2) is 9.18 Å². The van der Waals surface area contributed by atoms with Crippen molar-refractivity contribution in [2.75, 3.05) is 11.9 Å². The van der Waals surface area contributed by atoms with Crippen LogP contribution >= 0.6 is 0 Å². The van der Waals surface area contributed by atoms with E-state index in [0.717, 1.165) is 11.1 Å². The van der Waals surface area contributed by atoms with Gasteiger partial charge in [-0.3, -0.25) is 0 Å². The summed E-state index contributed by atoms with van der Waals surface area (Å²) in [6, 6.07) is 12.4. The van der Waals surface area contributed by atoms with Gasteiger partial charge in [0.1, 0.15) is 5.82 Å². The summed E-state index contributed by atoms with van der Waals surface area (Å²) in [7, 11) is 0. The van der Waals surface area contributed by atoms with Gasteiger partial charge in [-0.05, 0) is 36.8 Å². The minimum atomic E-state index is -0.774. The molecule has 0 aliphatic rings. The molecule has 2 rings (SSSR count). The van der Waals surface area contributed by atoms with E-state index in [1.165, 1.54) is 24.3 Å². The van der Waals surface area contributed by atoms with Gasteiger partial charge in [0, 0.05) is 12.2 Å². The molecule has 0 aliphatic carbocycles. The van der Waals surface area contributed by atoms with Crippen molar-refractivity contribution in [2.24, 2.45) is 0 Å². The fourth-order valence-corrected chi connectivity index (χ4v) is 1.80. The first-order valence-electron chi connectivity index (χ1n) is 6.59. The van der Waals surface area contributed by atoms with Crippen LogP contribution in [0.25, 0.3) is 0 Å². The van der Waals surface area contributed by atoms with Crippen LogP contribution < -0.4 is 10.6 Å². The first kappa shape index (κ1) is 15.0. The number of carbonyl (C=O) groups is 1. The lowest BCUT2D eigenvalue weighted by atomic mass is 10.1. The quantitative estimate of drug-likeness (QED) is 0.810. The van der Waals surface area contributed by atoms with E-state index >= 15 is 0 Å². The molecule has 2 aromatic carbocycles. The number of hydrogen-bond donors (Lipinski definition) is 3. The van der Waals surface area contributed by atoms with Crippen molar-refractivity contribution < 1.29 is 14.3 Å². The van der Waals surface area contributed by atoms with Crippen molar-refractivity contribution >= 4 is 11.7 Å². The second-order valence-electron chi connectivity index (χ2n) is 4.77. The Hall–Kier alpha value is -2.40. The fraction of sp³-hybridized carbons (Fsp3) is 0.188. The minimum Gasteiger partial charge on any atom is -0.387 e. The summed E-state index contributed by atoms with van der Waals surface area (Å²) < 4.78 is 12.7. The molecule has 5 heteroatoms. The Balaban J connectivity index is 1.83. The SMILES string of the molecule is Cc1ccc([C@H](O)CNC(=O)Nc2ccc(F)cc2)cc1. The Morgan fingerprint density at radius 2 is 1.76 bits per heavy atom. The van der Waals surface area contributed by atoms with Gasteiger partial charge in [0.05, 0.1) is 6.10 Å². The van der Waals surface area contributed by atoms with E-state index in [-0.39, 0.29) is 12.4 Å². The molecular weight excluding hydrogens is 271 g/mol. The molecule has 4 nitrogen and oxygen atoms in total. The van der Waals surface area contributed by atoms with Crippen LogP contribution in [0.3, 0.4) is 0 Å². The zero-order valence-corrected chi connectivity index (χ0v) is 11.6. The fourth-order valence-electron chi connectivity index (χ4n) is 1.80. The van der Waals surface area contributed by atoms with E-state index in [1.807, 2.05) is 31.2 Å². The first-order valence-corrected chi connectivity index (χ1v) is 6.59. The molecule has 0 radical (unpaired) electrons. The van der Waals surface area contributed by atoms with E-state index in [4.69, 9.17) is 0 Å². The number of amides is 2. The average molecular weight is 288 g/mol. The van der Waals surface area contributed by atoms with Crippen LogP contribution in [0.15, 0.2) is 48.5 Å². The van der Waals surface area contributed by atoms with Gasteiger partial charge in [-0.1, -0.05) is 29.8 Å². The highest BCUT2D eigenvalue weighted by atomic mass is 19.1. The Bertz CT molecular complexity index is 597. The van der Waals surface area contributed by atoms with Crippen molar-refractivity contribution in [3.8, 4) is 0 Å². The van der Waals surface area contributed by atoms with E-state index in [9.17, 15) is 14.3 Å². The third-order valence-electron chi connectivity index (χ3n) is 3.02. The molecule has 21 heavy (non-hydrogen) atoms. The number of nitrogens with one attached hydrogen (secondary N) is 2. The predicted molar refractivity (Wildman–Crippen MR) is 79.6 cm³/mol. The maximum Gasteiger partial charge on any atom is 0.319 e. The summed E-state index contributed by atoms with van der Waals surface area (Å²) in [4.78, 5) is 11.7. The molecule has 0 aliphatic heterocycles. The number of rotatable bonds is 4. The van der Waals surface area contributed by atoms with Gasteiger partial charge in [0.25, 0.3) is 0 Å². The summed E-state index contributed by atoms with van der Waals surface area (Å²) >= 11 is 0. The van der Waals surface area contributed by atoms with Gasteiger partial charge in [0.15, 0.2) is 0 Å². The molecule has 0 saturated heterocycles. The van der Waals surface area contributed by atoms with Crippen LogP contribution in [0.5, 0.6) is 0 Å². The number of halogens is 1. The number of urea groups is 1. The first-order chi connectivity index (χ1) is 10.0. The molecule has 110 valence electrons. The molecule has 2 aromatic rings. The summed E-state index contributed by atoms with van der Waals surface area (Å²) in [6.45, 7) is 2.06. The maximum absolute atomic E-state index is 12.7. The Morgan fingerprint density at radius 3 is 2.38 bits per heavy atom. The highest BCUT2D eigenvalue weighted by molar-refractivity contribution is 5.89. The van der Waals surface area contributed by atoms with Crippen molar-refractivity contribution in [1.29, 1.82) is 0 Å². The summed E-state index contributed by atoms with van der Waals surface area (Å²) in [5.74, 6) is -0.365. The van der Waals surface area contributed by atoms with Crippen LogP contribution in [0, 0.1) is 12.7 Å². The zero-order chi connectivity index (χ0) is 15.2. The van der Waals surface area contributed by atoms with E-state index in [0.29, 0.717) is 5.69 Å². The summed E-state index contributed by atoms with van der Waals surface area (Å²) in [5.41, 5.74) is 2.33. The molecule has 0 spiro atoms. The topological polar surface area (TPSA) is 61.4 Å². The van der Waals surface area contributed by atoms with Crippen LogP contribution in [-0.4, -0.2) is 17.7 Å². The molecule has 3 N–H and O–H groups in total. The van der Waals surface area contributed by atoms with E-state index < -0.39 is 12.1 Å². The van der Waals surface area contributed by atoms with Gasteiger partial charge < -0.3 is 15.7 Å².